The van der Waals surface area contributed by atoms with E-state index in [9.17, 15) is 9.59 Å². The fourth-order valence-electron chi connectivity index (χ4n) is 4.42. The molecule has 2 rings (SSSR count). The number of carbonyl (C=O) groups excluding carboxylic acids is 1. The number of allylic oxidation sites excluding steroid dienone is 2. The molecule has 2 saturated carbocycles. The zero-order valence-corrected chi connectivity index (χ0v) is 15.4. The first kappa shape index (κ1) is 19.2. The minimum atomic E-state index is -0.704. The molecule has 3 nitrogen and oxygen atoms in total. The minimum Gasteiger partial charge on any atom is -0.481 e. The van der Waals surface area contributed by atoms with Crippen molar-refractivity contribution in [1.82, 2.24) is 0 Å². The maximum Gasteiger partial charge on any atom is 0.303 e. The fourth-order valence-corrected chi connectivity index (χ4v) is 4.42. The molecule has 0 spiro atoms. The van der Waals surface area contributed by atoms with Crippen LogP contribution in [0.3, 0.4) is 0 Å². The highest BCUT2D eigenvalue weighted by molar-refractivity contribution is 5.85. The van der Waals surface area contributed by atoms with Gasteiger partial charge in [0.1, 0.15) is 5.78 Å². The van der Waals surface area contributed by atoms with E-state index in [1.165, 1.54) is 19.3 Å². The number of aliphatic carboxylic acids is 1. The fraction of sp³-hybridized carbons (Fsp3) is 0.810. The van der Waals surface area contributed by atoms with E-state index in [1.54, 1.807) is 0 Å². The topological polar surface area (TPSA) is 54.4 Å². The lowest BCUT2D eigenvalue weighted by Crippen LogP contribution is -2.13. The van der Waals surface area contributed by atoms with Gasteiger partial charge in [-0.2, -0.15) is 0 Å². The third kappa shape index (κ3) is 5.46. The third-order valence-corrected chi connectivity index (χ3v) is 5.94. The van der Waals surface area contributed by atoms with Gasteiger partial charge >= 0.3 is 5.97 Å². The van der Waals surface area contributed by atoms with Crippen molar-refractivity contribution in [1.29, 1.82) is 0 Å². The Morgan fingerprint density at radius 2 is 2.00 bits per heavy atom. The number of fused-ring (bicyclic) bond motifs is 1. The number of carboxylic acids is 1. The SMILES string of the molecule is CCCCC(C)C=CC1C2CC(=O)C(CCCCCCC(=O)O)C12. The summed E-state index contributed by atoms with van der Waals surface area (Å²) >= 11 is 0. The molecule has 0 bridgehead atoms. The van der Waals surface area contributed by atoms with Crippen LogP contribution in [-0.2, 0) is 9.59 Å². The van der Waals surface area contributed by atoms with Crippen LogP contribution in [0, 0.1) is 29.6 Å². The van der Waals surface area contributed by atoms with Gasteiger partial charge in [-0.25, -0.2) is 0 Å². The van der Waals surface area contributed by atoms with Gasteiger partial charge in [0, 0.05) is 18.8 Å². The molecule has 5 unspecified atom stereocenters. The number of hydrogen-bond acceptors (Lipinski definition) is 2. The number of ketones is 1. The Bertz CT molecular complexity index is 454. The van der Waals surface area contributed by atoms with Gasteiger partial charge in [0.25, 0.3) is 0 Å². The molecule has 0 aromatic heterocycles. The van der Waals surface area contributed by atoms with Crippen LogP contribution in [0.2, 0.25) is 0 Å². The van der Waals surface area contributed by atoms with Crippen LogP contribution in [0.15, 0.2) is 12.2 Å². The summed E-state index contributed by atoms with van der Waals surface area (Å²) in [5.74, 6) is 2.63. The smallest absolute Gasteiger partial charge is 0.303 e. The Morgan fingerprint density at radius 3 is 2.71 bits per heavy atom. The van der Waals surface area contributed by atoms with E-state index in [4.69, 9.17) is 5.11 Å². The number of rotatable bonds is 12. The first-order valence-corrected chi connectivity index (χ1v) is 9.97. The Hall–Kier alpha value is -1.12. The number of Topliss-reactive ketones (excluding diaryl/α,β-unsaturated/α-hetero) is 1. The Labute approximate surface area is 146 Å². The first-order chi connectivity index (χ1) is 11.5. The molecule has 0 heterocycles. The molecule has 0 amide bonds. The molecule has 0 saturated heterocycles. The lowest BCUT2D eigenvalue weighted by molar-refractivity contribution is -0.137. The second-order valence-electron chi connectivity index (χ2n) is 7.95. The van der Waals surface area contributed by atoms with Crippen molar-refractivity contribution >= 4 is 11.8 Å². The van der Waals surface area contributed by atoms with Crippen molar-refractivity contribution in [2.24, 2.45) is 29.6 Å². The molecule has 24 heavy (non-hydrogen) atoms. The monoisotopic (exact) mass is 334 g/mol. The quantitative estimate of drug-likeness (QED) is 0.392. The highest BCUT2D eigenvalue weighted by Crippen LogP contribution is 2.60. The highest BCUT2D eigenvalue weighted by atomic mass is 16.4. The average Bonchev–Trinajstić information content (AvgIpc) is 3.10. The van der Waals surface area contributed by atoms with Crippen LogP contribution in [0.5, 0.6) is 0 Å². The molecular weight excluding hydrogens is 300 g/mol. The van der Waals surface area contributed by atoms with Crippen molar-refractivity contribution in [3.05, 3.63) is 12.2 Å². The van der Waals surface area contributed by atoms with Gasteiger partial charge in [-0.1, -0.05) is 58.1 Å². The van der Waals surface area contributed by atoms with Gasteiger partial charge < -0.3 is 5.11 Å². The zero-order chi connectivity index (χ0) is 17.5. The highest BCUT2D eigenvalue weighted by Gasteiger charge is 2.59. The Kier molecular flexibility index (Phi) is 7.51. The number of unbranched alkanes of at least 4 members (excludes halogenated alkanes) is 4. The van der Waals surface area contributed by atoms with E-state index in [2.05, 4.69) is 26.0 Å². The van der Waals surface area contributed by atoms with Crippen molar-refractivity contribution < 1.29 is 14.7 Å². The molecule has 2 aliphatic carbocycles. The van der Waals surface area contributed by atoms with E-state index < -0.39 is 5.97 Å². The first-order valence-electron chi connectivity index (χ1n) is 9.97. The van der Waals surface area contributed by atoms with Gasteiger partial charge in [0.05, 0.1) is 0 Å². The summed E-state index contributed by atoms with van der Waals surface area (Å²) in [5, 5.41) is 8.63. The van der Waals surface area contributed by atoms with Crippen molar-refractivity contribution in [3.8, 4) is 0 Å². The van der Waals surface area contributed by atoms with E-state index in [-0.39, 0.29) is 12.3 Å². The van der Waals surface area contributed by atoms with Crippen LogP contribution in [0.1, 0.15) is 78.1 Å². The van der Waals surface area contributed by atoms with Gasteiger partial charge in [0.2, 0.25) is 0 Å². The lowest BCUT2D eigenvalue weighted by atomic mass is 9.92. The van der Waals surface area contributed by atoms with Crippen molar-refractivity contribution in [2.75, 3.05) is 0 Å². The summed E-state index contributed by atoms with van der Waals surface area (Å²) < 4.78 is 0. The predicted molar refractivity (Wildman–Crippen MR) is 96.8 cm³/mol. The van der Waals surface area contributed by atoms with E-state index in [0.29, 0.717) is 29.5 Å². The van der Waals surface area contributed by atoms with Gasteiger partial charge in [-0.05, 0) is 42.9 Å². The molecule has 0 aromatic carbocycles. The van der Waals surface area contributed by atoms with Gasteiger partial charge in [0.15, 0.2) is 0 Å². The largest absolute Gasteiger partial charge is 0.481 e. The molecule has 0 aromatic rings. The summed E-state index contributed by atoms with van der Waals surface area (Å²) in [5.41, 5.74) is 0. The van der Waals surface area contributed by atoms with Crippen LogP contribution in [0.4, 0.5) is 0 Å². The van der Waals surface area contributed by atoms with Crippen LogP contribution in [-0.4, -0.2) is 16.9 Å². The maximum absolute atomic E-state index is 12.1. The van der Waals surface area contributed by atoms with E-state index >= 15 is 0 Å². The summed E-state index contributed by atoms with van der Waals surface area (Å²) in [4.78, 5) is 22.6. The van der Waals surface area contributed by atoms with Crippen LogP contribution < -0.4 is 0 Å². The molecule has 1 N–H and O–H groups in total. The molecule has 0 radical (unpaired) electrons. The number of carboxylic acid groups (broad SMARTS) is 1. The van der Waals surface area contributed by atoms with Gasteiger partial charge in [-0.3, -0.25) is 9.59 Å². The lowest BCUT2D eigenvalue weighted by Gasteiger charge is -2.12. The Balaban J connectivity index is 1.66. The van der Waals surface area contributed by atoms with Gasteiger partial charge in [-0.15, -0.1) is 0 Å². The molecule has 0 aliphatic heterocycles. The summed E-state index contributed by atoms with van der Waals surface area (Å²) in [7, 11) is 0. The standard InChI is InChI=1S/C21H34O3/c1-3-4-9-15(2)12-13-16-18-14-19(22)17(21(16)18)10-7-5-6-8-11-20(23)24/h12-13,15-18,21H,3-11,14H2,1-2H3,(H,23,24). The molecule has 136 valence electrons. The second kappa shape index (κ2) is 9.39. The number of hydrogen-bond donors (Lipinski definition) is 1. The molecule has 5 atom stereocenters. The van der Waals surface area contributed by atoms with Crippen molar-refractivity contribution in [3.63, 3.8) is 0 Å². The van der Waals surface area contributed by atoms with E-state index in [1.807, 2.05) is 0 Å². The maximum atomic E-state index is 12.1. The molecular formula is C21H34O3. The average molecular weight is 335 g/mol. The summed E-state index contributed by atoms with van der Waals surface area (Å²) in [6.45, 7) is 4.53. The molecule has 3 heteroatoms. The second-order valence-corrected chi connectivity index (χ2v) is 7.95. The summed E-state index contributed by atoms with van der Waals surface area (Å²) in [6.07, 6.45) is 14.6. The summed E-state index contributed by atoms with van der Waals surface area (Å²) in [6, 6.07) is 0. The van der Waals surface area contributed by atoms with Crippen molar-refractivity contribution in [2.45, 2.75) is 78.1 Å². The minimum absolute atomic E-state index is 0.274. The third-order valence-electron chi connectivity index (χ3n) is 5.94. The van der Waals surface area contributed by atoms with Crippen LogP contribution in [0.25, 0.3) is 0 Å². The normalized spacial score (nSPS) is 29.8. The Morgan fingerprint density at radius 1 is 1.25 bits per heavy atom. The van der Waals surface area contributed by atoms with E-state index in [0.717, 1.165) is 38.5 Å². The number of carbonyl (C=O) groups is 2. The van der Waals surface area contributed by atoms with Crippen LogP contribution >= 0.6 is 0 Å². The predicted octanol–water partition coefficient (Wildman–Crippen LogP) is 5.25. The molecule has 2 aliphatic rings. The zero-order valence-electron chi connectivity index (χ0n) is 15.4. The molecule has 2 fully saturated rings.